The molecule has 0 saturated heterocycles. The molecule has 2 aromatic carbocycles. The summed E-state index contributed by atoms with van der Waals surface area (Å²) in [5, 5.41) is 2.94. The van der Waals surface area contributed by atoms with Gasteiger partial charge in [0.25, 0.3) is 5.56 Å². The minimum atomic E-state index is -0.782. The molecule has 4 N–H and O–H groups in total. The van der Waals surface area contributed by atoms with E-state index in [1.54, 1.807) is 12.1 Å². The lowest BCUT2D eigenvalue weighted by Gasteiger charge is -2.07. The zero-order chi connectivity index (χ0) is 15.0. The summed E-state index contributed by atoms with van der Waals surface area (Å²) >= 11 is 0. The standard InChI is InChI=1S/C14H10F2N4O/c15-7-1-3-12(10(16)5-7)19-14-18-11-4-2-8(17)6-9(11)13(21)20-14/h1-6H,17H2,(H2,18,19,20,21). The molecule has 1 heterocycles. The van der Waals surface area contributed by atoms with E-state index in [4.69, 9.17) is 5.73 Å². The second-order valence-electron chi connectivity index (χ2n) is 4.44. The third-order valence-corrected chi connectivity index (χ3v) is 2.91. The number of aromatic amines is 1. The lowest BCUT2D eigenvalue weighted by atomic mass is 10.2. The van der Waals surface area contributed by atoms with Gasteiger partial charge in [0, 0.05) is 11.8 Å². The predicted octanol–water partition coefficient (Wildman–Crippen LogP) is 2.53. The molecule has 0 radical (unpaired) electrons. The van der Waals surface area contributed by atoms with E-state index >= 15 is 0 Å². The van der Waals surface area contributed by atoms with Crippen molar-refractivity contribution in [2.75, 3.05) is 11.1 Å². The van der Waals surface area contributed by atoms with Crippen molar-refractivity contribution in [3.63, 3.8) is 0 Å². The Hall–Kier alpha value is -2.96. The van der Waals surface area contributed by atoms with E-state index in [0.717, 1.165) is 12.1 Å². The zero-order valence-electron chi connectivity index (χ0n) is 10.7. The highest BCUT2D eigenvalue weighted by molar-refractivity contribution is 5.82. The number of fused-ring (bicyclic) bond motifs is 1. The Morgan fingerprint density at radius 1 is 1.14 bits per heavy atom. The van der Waals surface area contributed by atoms with Gasteiger partial charge in [0.05, 0.1) is 16.6 Å². The molecular formula is C14H10F2N4O. The summed E-state index contributed by atoms with van der Waals surface area (Å²) in [6, 6.07) is 7.76. The first-order valence-electron chi connectivity index (χ1n) is 6.04. The number of H-pyrrole nitrogens is 1. The van der Waals surface area contributed by atoms with Gasteiger partial charge in [-0.25, -0.2) is 13.8 Å². The minimum absolute atomic E-state index is 0.00865. The lowest BCUT2D eigenvalue weighted by molar-refractivity contribution is 0.586. The molecule has 3 aromatic rings. The molecule has 0 atom stereocenters. The molecule has 5 nitrogen and oxygen atoms in total. The van der Waals surface area contributed by atoms with Crippen LogP contribution in [0.2, 0.25) is 0 Å². The van der Waals surface area contributed by atoms with Crippen LogP contribution in [0, 0.1) is 11.6 Å². The molecule has 7 heteroatoms. The van der Waals surface area contributed by atoms with Crippen molar-refractivity contribution in [1.82, 2.24) is 9.97 Å². The molecule has 0 spiro atoms. The summed E-state index contributed by atoms with van der Waals surface area (Å²) in [6.07, 6.45) is 0. The third kappa shape index (κ3) is 2.53. The van der Waals surface area contributed by atoms with Crippen molar-refractivity contribution in [1.29, 1.82) is 0 Å². The fourth-order valence-electron chi connectivity index (χ4n) is 1.93. The summed E-state index contributed by atoms with van der Waals surface area (Å²) in [5.41, 5.74) is 6.07. The molecule has 106 valence electrons. The topological polar surface area (TPSA) is 83.8 Å². The van der Waals surface area contributed by atoms with E-state index in [0.29, 0.717) is 16.6 Å². The average Bonchev–Trinajstić information content (AvgIpc) is 2.43. The average molecular weight is 288 g/mol. The van der Waals surface area contributed by atoms with Crippen LogP contribution in [0.4, 0.5) is 26.1 Å². The van der Waals surface area contributed by atoms with Crippen molar-refractivity contribution in [3.8, 4) is 0 Å². The van der Waals surface area contributed by atoms with Gasteiger partial charge in [-0.05, 0) is 30.3 Å². The van der Waals surface area contributed by atoms with E-state index in [2.05, 4.69) is 15.3 Å². The molecule has 0 unspecified atom stereocenters. The molecule has 0 saturated carbocycles. The number of nitrogen functional groups attached to an aromatic ring is 1. The maximum Gasteiger partial charge on any atom is 0.260 e. The van der Waals surface area contributed by atoms with Crippen LogP contribution in [0.25, 0.3) is 10.9 Å². The van der Waals surface area contributed by atoms with E-state index in [1.165, 1.54) is 12.1 Å². The Balaban J connectivity index is 2.05. The van der Waals surface area contributed by atoms with Crippen LogP contribution >= 0.6 is 0 Å². The number of halogens is 2. The molecule has 0 aliphatic rings. The molecule has 0 aliphatic carbocycles. The van der Waals surface area contributed by atoms with E-state index in [-0.39, 0.29) is 11.6 Å². The van der Waals surface area contributed by atoms with Crippen LogP contribution in [-0.2, 0) is 0 Å². The first-order chi connectivity index (χ1) is 10.0. The van der Waals surface area contributed by atoms with E-state index in [1.807, 2.05) is 0 Å². The van der Waals surface area contributed by atoms with Crippen LogP contribution in [-0.4, -0.2) is 9.97 Å². The Kier molecular flexibility index (Phi) is 3.02. The Bertz CT molecular complexity index is 892. The number of aromatic nitrogens is 2. The maximum absolute atomic E-state index is 13.6. The number of hydrogen-bond acceptors (Lipinski definition) is 4. The minimum Gasteiger partial charge on any atom is -0.399 e. The van der Waals surface area contributed by atoms with E-state index in [9.17, 15) is 13.6 Å². The van der Waals surface area contributed by atoms with Crippen LogP contribution in [0.15, 0.2) is 41.2 Å². The summed E-state index contributed by atoms with van der Waals surface area (Å²) in [6.45, 7) is 0. The molecule has 1 aromatic heterocycles. The predicted molar refractivity (Wildman–Crippen MR) is 76.4 cm³/mol. The smallest absolute Gasteiger partial charge is 0.260 e. The van der Waals surface area contributed by atoms with Gasteiger partial charge in [0.2, 0.25) is 5.95 Å². The SMILES string of the molecule is Nc1ccc2nc(Nc3ccc(F)cc3F)[nH]c(=O)c2c1. The number of hydrogen-bond donors (Lipinski definition) is 3. The van der Waals surface area contributed by atoms with Crippen molar-refractivity contribution in [2.45, 2.75) is 0 Å². The van der Waals surface area contributed by atoms with Gasteiger partial charge in [0.15, 0.2) is 0 Å². The number of benzene rings is 2. The first-order valence-corrected chi connectivity index (χ1v) is 6.04. The summed E-state index contributed by atoms with van der Waals surface area (Å²) < 4.78 is 26.4. The highest BCUT2D eigenvalue weighted by Crippen LogP contribution is 2.19. The molecule has 0 amide bonds. The van der Waals surface area contributed by atoms with Gasteiger partial charge < -0.3 is 11.1 Å². The van der Waals surface area contributed by atoms with Gasteiger partial charge in [0.1, 0.15) is 11.6 Å². The third-order valence-electron chi connectivity index (χ3n) is 2.91. The molecule has 0 aliphatic heterocycles. The van der Waals surface area contributed by atoms with E-state index < -0.39 is 17.2 Å². The van der Waals surface area contributed by atoms with Gasteiger partial charge in [-0.3, -0.25) is 9.78 Å². The highest BCUT2D eigenvalue weighted by Gasteiger charge is 2.08. The molecular weight excluding hydrogens is 278 g/mol. The Morgan fingerprint density at radius 3 is 2.71 bits per heavy atom. The fourth-order valence-corrected chi connectivity index (χ4v) is 1.93. The highest BCUT2D eigenvalue weighted by atomic mass is 19.1. The van der Waals surface area contributed by atoms with Gasteiger partial charge in [-0.2, -0.15) is 0 Å². The van der Waals surface area contributed by atoms with Gasteiger partial charge >= 0.3 is 0 Å². The van der Waals surface area contributed by atoms with Crippen LogP contribution in [0.5, 0.6) is 0 Å². The lowest BCUT2D eigenvalue weighted by Crippen LogP contribution is -2.12. The number of anilines is 3. The number of nitrogens with one attached hydrogen (secondary N) is 2. The van der Waals surface area contributed by atoms with Gasteiger partial charge in [-0.15, -0.1) is 0 Å². The first kappa shape index (κ1) is 13.0. The molecule has 0 fully saturated rings. The second kappa shape index (κ2) is 4.86. The summed E-state index contributed by atoms with van der Waals surface area (Å²) in [5.74, 6) is -1.41. The summed E-state index contributed by atoms with van der Waals surface area (Å²) in [7, 11) is 0. The van der Waals surface area contributed by atoms with Crippen LogP contribution in [0.1, 0.15) is 0 Å². The van der Waals surface area contributed by atoms with Crippen LogP contribution < -0.4 is 16.6 Å². The van der Waals surface area contributed by atoms with Crippen molar-refractivity contribution in [2.24, 2.45) is 0 Å². The summed E-state index contributed by atoms with van der Waals surface area (Å²) in [4.78, 5) is 18.6. The maximum atomic E-state index is 13.6. The fraction of sp³-hybridized carbons (Fsp3) is 0. The number of nitrogens with zero attached hydrogens (tertiary/aromatic N) is 1. The Morgan fingerprint density at radius 2 is 1.95 bits per heavy atom. The normalized spacial score (nSPS) is 10.8. The zero-order valence-corrected chi connectivity index (χ0v) is 10.7. The van der Waals surface area contributed by atoms with Crippen molar-refractivity contribution in [3.05, 3.63) is 58.4 Å². The van der Waals surface area contributed by atoms with Crippen molar-refractivity contribution < 1.29 is 8.78 Å². The monoisotopic (exact) mass is 288 g/mol. The Labute approximate surface area is 117 Å². The quantitative estimate of drug-likeness (QED) is 0.633. The molecule has 21 heavy (non-hydrogen) atoms. The second-order valence-corrected chi connectivity index (χ2v) is 4.44. The van der Waals surface area contributed by atoms with Crippen LogP contribution in [0.3, 0.4) is 0 Å². The number of nitrogens with two attached hydrogens (primary N) is 1. The van der Waals surface area contributed by atoms with Gasteiger partial charge in [-0.1, -0.05) is 0 Å². The number of rotatable bonds is 2. The molecule has 0 bridgehead atoms. The molecule has 3 rings (SSSR count). The van der Waals surface area contributed by atoms with Crippen molar-refractivity contribution >= 4 is 28.2 Å². The largest absolute Gasteiger partial charge is 0.399 e.